The summed E-state index contributed by atoms with van der Waals surface area (Å²) in [6.45, 7) is 0. The molecule has 4 rings (SSSR count). The minimum atomic E-state index is -4.19. The maximum absolute atomic E-state index is 13.4. The van der Waals surface area contributed by atoms with Gasteiger partial charge in [0.1, 0.15) is 16.4 Å². The lowest BCUT2D eigenvalue weighted by Gasteiger charge is -2.15. The number of rotatable bonds is 7. The number of benzene rings is 2. The van der Waals surface area contributed by atoms with Crippen molar-refractivity contribution in [3.63, 3.8) is 0 Å². The van der Waals surface area contributed by atoms with Crippen LogP contribution in [0.2, 0.25) is 5.02 Å². The van der Waals surface area contributed by atoms with Crippen LogP contribution in [0.1, 0.15) is 11.9 Å². The van der Waals surface area contributed by atoms with Crippen molar-refractivity contribution in [3.8, 4) is 0 Å². The zero-order chi connectivity index (χ0) is 22.9. The van der Waals surface area contributed by atoms with Crippen molar-refractivity contribution in [2.75, 3.05) is 11.8 Å². The predicted molar refractivity (Wildman–Crippen MR) is 119 cm³/mol. The van der Waals surface area contributed by atoms with Crippen molar-refractivity contribution >= 4 is 49.1 Å². The van der Waals surface area contributed by atoms with Gasteiger partial charge in [0.2, 0.25) is 5.09 Å². The molecule has 2 N–H and O–H groups in total. The Balaban J connectivity index is 1.76. The number of ether oxygens (including phenoxy) is 1. The fourth-order valence-electron chi connectivity index (χ4n) is 3.02. The number of aromatic nitrogens is 1. The van der Waals surface area contributed by atoms with E-state index in [0.717, 1.165) is 0 Å². The molecule has 32 heavy (non-hydrogen) atoms. The highest BCUT2D eigenvalue weighted by atomic mass is 35.5. The number of hydrogen-bond acceptors (Lipinski definition) is 7. The summed E-state index contributed by atoms with van der Waals surface area (Å²) < 4.78 is 52.1. The highest BCUT2D eigenvalue weighted by Crippen LogP contribution is 2.31. The molecule has 0 aliphatic carbocycles. The van der Waals surface area contributed by atoms with E-state index < -0.39 is 27.1 Å². The highest BCUT2D eigenvalue weighted by molar-refractivity contribution is 7.92. The third kappa shape index (κ3) is 4.41. The number of aliphatic hydroxyl groups excluding tert-OH is 1. The number of hydrogen-bond donors (Lipinski definition) is 2. The number of halogens is 1. The van der Waals surface area contributed by atoms with Crippen molar-refractivity contribution in [2.24, 2.45) is 0 Å². The van der Waals surface area contributed by atoms with E-state index in [1.807, 2.05) is 0 Å². The second kappa shape index (κ2) is 9.00. The SMILES string of the molecule is COC(O)c1ccccc1S(=O)c1ncc(Cl)cc1NS(=O)(=O)c1cc2ccccc2o1. The number of nitrogens with one attached hydrogen (secondary N) is 1. The van der Waals surface area contributed by atoms with E-state index in [1.165, 1.54) is 31.5 Å². The van der Waals surface area contributed by atoms with E-state index in [2.05, 4.69) is 9.71 Å². The van der Waals surface area contributed by atoms with Crippen LogP contribution in [0.3, 0.4) is 0 Å². The molecule has 2 heterocycles. The molecule has 4 aromatic rings. The van der Waals surface area contributed by atoms with Crippen LogP contribution in [0.5, 0.6) is 0 Å². The standard InChI is InChI=1S/C21H17ClN2O6S2/c1-29-21(25)15-7-3-5-9-18(15)31(26)20-16(11-14(22)12-23-20)24-32(27,28)19-10-13-6-2-4-8-17(13)30-19/h2-12,21,24-25H,1H3. The van der Waals surface area contributed by atoms with Gasteiger partial charge in [-0.1, -0.05) is 48.0 Å². The van der Waals surface area contributed by atoms with Gasteiger partial charge in [-0.25, -0.2) is 9.19 Å². The van der Waals surface area contributed by atoms with E-state index in [9.17, 15) is 17.7 Å². The van der Waals surface area contributed by atoms with E-state index in [-0.39, 0.29) is 31.3 Å². The highest BCUT2D eigenvalue weighted by Gasteiger charge is 2.25. The second-order valence-corrected chi connectivity index (χ2v) is 10.0. The maximum Gasteiger partial charge on any atom is 0.295 e. The summed E-state index contributed by atoms with van der Waals surface area (Å²) in [4.78, 5) is 4.30. The molecular weight excluding hydrogens is 476 g/mol. The molecule has 0 bridgehead atoms. The lowest BCUT2D eigenvalue weighted by molar-refractivity contribution is -0.0787. The van der Waals surface area contributed by atoms with Crippen molar-refractivity contribution in [2.45, 2.75) is 21.3 Å². The summed E-state index contributed by atoms with van der Waals surface area (Å²) in [5.74, 6) is 0. The van der Waals surface area contributed by atoms with Crippen LogP contribution in [0.15, 0.2) is 86.3 Å². The molecule has 0 radical (unpaired) electrons. The molecule has 2 aromatic heterocycles. The number of aliphatic hydroxyl groups is 1. The Kier molecular flexibility index (Phi) is 6.31. The topological polar surface area (TPSA) is 119 Å². The van der Waals surface area contributed by atoms with Crippen LogP contribution in [0, 0.1) is 0 Å². The minimum Gasteiger partial charge on any atom is -0.443 e. The summed E-state index contributed by atoms with van der Waals surface area (Å²) >= 11 is 6.03. The van der Waals surface area contributed by atoms with Gasteiger partial charge in [0.25, 0.3) is 10.0 Å². The Labute approximate surface area is 191 Å². The van der Waals surface area contributed by atoms with Crippen molar-refractivity contribution in [1.82, 2.24) is 4.98 Å². The number of sulfonamides is 1. The molecule has 0 fully saturated rings. The summed E-state index contributed by atoms with van der Waals surface area (Å²) in [6, 6.07) is 15.9. The van der Waals surface area contributed by atoms with Crippen LogP contribution in [-0.2, 0) is 25.6 Å². The zero-order valence-electron chi connectivity index (χ0n) is 16.6. The first-order valence-corrected chi connectivity index (χ1v) is 12.2. The quantitative estimate of drug-likeness (QED) is 0.373. The lowest BCUT2D eigenvalue weighted by Crippen LogP contribution is -2.15. The van der Waals surface area contributed by atoms with Crippen molar-refractivity contribution in [3.05, 3.63) is 77.4 Å². The molecule has 11 heteroatoms. The number of anilines is 1. The van der Waals surface area contributed by atoms with E-state index in [0.29, 0.717) is 11.0 Å². The lowest BCUT2D eigenvalue weighted by atomic mass is 10.2. The average molecular weight is 493 g/mol. The number of methoxy groups -OCH3 is 1. The first-order valence-electron chi connectivity index (χ1n) is 9.18. The van der Waals surface area contributed by atoms with Crippen LogP contribution in [0.25, 0.3) is 11.0 Å². The Morgan fingerprint density at radius 3 is 2.62 bits per heavy atom. The van der Waals surface area contributed by atoms with Crippen LogP contribution >= 0.6 is 11.6 Å². The Bertz CT molecular complexity index is 1390. The number of para-hydroxylation sites is 1. The van der Waals surface area contributed by atoms with E-state index in [1.54, 1.807) is 42.5 Å². The zero-order valence-corrected chi connectivity index (χ0v) is 18.9. The number of pyridine rings is 1. The Morgan fingerprint density at radius 1 is 1.16 bits per heavy atom. The summed E-state index contributed by atoms with van der Waals surface area (Å²) in [6.07, 6.45) is -0.0681. The molecule has 2 unspecified atom stereocenters. The van der Waals surface area contributed by atoms with Gasteiger partial charge in [0.05, 0.1) is 15.6 Å². The second-order valence-electron chi connectivity index (χ2n) is 6.61. The molecule has 0 saturated heterocycles. The van der Waals surface area contributed by atoms with Crippen molar-refractivity contribution < 1.29 is 26.9 Å². The molecule has 0 amide bonds. The third-order valence-electron chi connectivity index (χ3n) is 4.51. The summed E-state index contributed by atoms with van der Waals surface area (Å²) in [5, 5.41) is 10.4. The predicted octanol–water partition coefficient (Wildman–Crippen LogP) is 4.09. The molecule has 2 aromatic carbocycles. The van der Waals surface area contributed by atoms with Gasteiger partial charge < -0.3 is 14.3 Å². The molecule has 0 saturated carbocycles. The first kappa shape index (κ1) is 22.4. The van der Waals surface area contributed by atoms with Crippen LogP contribution in [-0.4, -0.2) is 29.8 Å². The normalized spacial score (nSPS) is 13.7. The average Bonchev–Trinajstić information content (AvgIpc) is 3.23. The molecule has 0 aliphatic heterocycles. The molecular formula is C21H17ClN2O6S2. The first-order chi connectivity index (χ1) is 15.3. The Hall–Kier alpha value is -2.76. The van der Waals surface area contributed by atoms with Crippen LogP contribution in [0.4, 0.5) is 5.69 Å². The van der Waals surface area contributed by atoms with Crippen molar-refractivity contribution in [1.29, 1.82) is 0 Å². The third-order valence-corrected chi connectivity index (χ3v) is 7.39. The fourth-order valence-corrected chi connectivity index (χ4v) is 5.52. The minimum absolute atomic E-state index is 0.0852. The van der Waals surface area contributed by atoms with Gasteiger partial charge in [-0.05, 0) is 18.2 Å². The molecule has 0 aliphatic rings. The van der Waals surface area contributed by atoms with Gasteiger partial charge >= 0.3 is 0 Å². The number of fused-ring (bicyclic) bond motifs is 1. The van der Waals surface area contributed by atoms with Crippen LogP contribution < -0.4 is 4.72 Å². The Morgan fingerprint density at radius 2 is 1.88 bits per heavy atom. The van der Waals surface area contributed by atoms with Gasteiger partial charge in [-0.2, -0.15) is 8.42 Å². The molecule has 8 nitrogen and oxygen atoms in total. The van der Waals surface area contributed by atoms with E-state index in [4.69, 9.17) is 20.8 Å². The largest absolute Gasteiger partial charge is 0.443 e. The summed E-state index contributed by atoms with van der Waals surface area (Å²) in [7, 11) is -4.86. The van der Waals surface area contributed by atoms with Gasteiger partial charge in [0.15, 0.2) is 11.3 Å². The number of furan rings is 1. The van der Waals surface area contributed by atoms with E-state index >= 15 is 0 Å². The molecule has 2 atom stereocenters. The summed E-state index contributed by atoms with van der Waals surface area (Å²) in [5.41, 5.74) is 0.581. The number of nitrogens with zero attached hydrogens (tertiary/aromatic N) is 1. The van der Waals surface area contributed by atoms with Gasteiger partial charge in [-0.15, -0.1) is 0 Å². The molecule has 0 spiro atoms. The van der Waals surface area contributed by atoms with Gasteiger partial charge in [-0.3, -0.25) is 4.72 Å². The smallest absolute Gasteiger partial charge is 0.295 e. The fraction of sp³-hybridized carbons (Fsp3) is 0.0952. The maximum atomic E-state index is 13.4. The van der Waals surface area contributed by atoms with Gasteiger partial charge in [0, 0.05) is 30.3 Å². The molecule has 166 valence electrons. The monoisotopic (exact) mass is 492 g/mol.